The molecule has 156 valence electrons. The van der Waals surface area contributed by atoms with E-state index >= 15 is 0 Å². The van der Waals surface area contributed by atoms with Crippen LogP contribution in [0.3, 0.4) is 0 Å². The molecule has 28 heavy (non-hydrogen) atoms. The van der Waals surface area contributed by atoms with Gasteiger partial charge in [-0.2, -0.15) is 0 Å². The third-order valence-electron chi connectivity index (χ3n) is 4.09. The largest absolute Gasteiger partial charge is 0.673 e. The van der Waals surface area contributed by atoms with Crippen LogP contribution in [0.5, 0.6) is 0 Å². The minimum atomic E-state index is -6.00. The summed E-state index contributed by atoms with van der Waals surface area (Å²) in [6.45, 7) is 7.09. The fraction of sp³-hybridized carbons (Fsp3) is 0.400. The van der Waals surface area contributed by atoms with Gasteiger partial charge in [0.2, 0.25) is 0 Å². The van der Waals surface area contributed by atoms with Gasteiger partial charge in [0.15, 0.2) is 0 Å². The summed E-state index contributed by atoms with van der Waals surface area (Å²) in [5.74, 6) is 0. The van der Waals surface area contributed by atoms with Gasteiger partial charge in [-0.3, -0.25) is 0 Å². The predicted molar refractivity (Wildman–Crippen MR) is 119 cm³/mol. The summed E-state index contributed by atoms with van der Waals surface area (Å²) in [6.07, 6.45) is 0. The molecule has 0 amide bonds. The van der Waals surface area contributed by atoms with E-state index in [2.05, 4.69) is 107 Å². The maximum atomic E-state index is 9.75. The van der Waals surface area contributed by atoms with Gasteiger partial charge in [-0.15, -0.1) is 0 Å². The van der Waals surface area contributed by atoms with Gasteiger partial charge in [0.1, 0.15) is 0 Å². The average Bonchev–Trinajstić information content (AvgIpc) is 2.53. The van der Waals surface area contributed by atoms with Crippen molar-refractivity contribution in [2.75, 3.05) is 38.0 Å². The van der Waals surface area contributed by atoms with Gasteiger partial charge in [0.25, 0.3) is 0 Å². The summed E-state index contributed by atoms with van der Waals surface area (Å²) < 4.78 is 39.0. The van der Waals surface area contributed by atoms with Gasteiger partial charge < -0.3 is 27.1 Å². The first-order valence-electron chi connectivity index (χ1n) is 9.00. The molecular formula is C20H30BF4N2P. The summed E-state index contributed by atoms with van der Waals surface area (Å²) in [7, 11) is 1.52. The Bertz CT molecular complexity index is 666. The lowest BCUT2D eigenvalue weighted by Crippen LogP contribution is -2.26. The van der Waals surface area contributed by atoms with Crippen LogP contribution < -0.4 is 20.4 Å². The van der Waals surface area contributed by atoms with Gasteiger partial charge in [-0.1, -0.05) is 0 Å². The Kier molecular flexibility index (Phi) is 8.37. The van der Waals surface area contributed by atoms with Crippen LogP contribution in [0.15, 0.2) is 48.5 Å². The highest BCUT2D eigenvalue weighted by molar-refractivity contribution is 7.74. The summed E-state index contributed by atoms with van der Waals surface area (Å²) in [4.78, 5) is 4.30. The Hall–Kier alpha value is -1.75. The van der Waals surface area contributed by atoms with E-state index in [0.29, 0.717) is 0 Å². The Morgan fingerprint density at radius 1 is 0.643 bits per heavy atom. The van der Waals surface area contributed by atoms with Gasteiger partial charge >= 0.3 is 7.25 Å². The summed E-state index contributed by atoms with van der Waals surface area (Å²) in [5.41, 5.74) is 2.51. The minimum absolute atomic E-state index is 0.268. The van der Waals surface area contributed by atoms with Crippen LogP contribution in [0.25, 0.3) is 0 Å². The molecule has 0 bridgehead atoms. The lowest BCUT2D eigenvalue weighted by atomic mass is 10.2. The molecule has 0 aromatic heterocycles. The quantitative estimate of drug-likeness (QED) is 0.390. The molecule has 2 aromatic carbocycles. The highest BCUT2D eigenvalue weighted by Crippen LogP contribution is 2.47. The maximum absolute atomic E-state index is 9.75. The van der Waals surface area contributed by atoms with Crippen LogP contribution in [0.4, 0.5) is 28.6 Å². The molecule has 2 aromatic rings. The molecule has 8 heteroatoms. The van der Waals surface area contributed by atoms with E-state index < -0.39 is 15.2 Å². The Morgan fingerprint density at radius 3 is 1.07 bits per heavy atom. The van der Waals surface area contributed by atoms with E-state index in [0.717, 1.165) is 0 Å². The third kappa shape index (κ3) is 8.09. The van der Waals surface area contributed by atoms with Gasteiger partial charge in [0.05, 0.1) is 23.7 Å². The molecule has 0 aliphatic rings. The maximum Gasteiger partial charge on any atom is 0.673 e. The van der Waals surface area contributed by atoms with E-state index in [9.17, 15) is 17.3 Å². The van der Waals surface area contributed by atoms with Crippen molar-refractivity contribution in [2.45, 2.75) is 25.9 Å². The highest BCUT2D eigenvalue weighted by Gasteiger charge is 2.35. The number of halogens is 4. The van der Waals surface area contributed by atoms with Gasteiger partial charge in [-0.25, -0.2) is 0 Å². The molecule has 0 aliphatic carbocycles. The van der Waals surface area contributed by atoms with Crippen LogP contribution >= 0.6 is 7.92 Å². The molecule has 0 heterocycles. The van der Waals surface area contributed by atoms with Crippen LogP contribution in [-0.4, -0.2) is 40.6 Å². The number of benzene rings is 2. The van der Waals surface area contributed by atoms with Crippen molar-refractivity contribution in [2.24, 2.45) is 0 Å². The van der Waals surface area contributed by atoms with Crippen molar-refractivity contribution in [3.8, 4) is 0 Å². The second-order valence-corrected chi connectivity index (χ2v) is 11.4. The first kappa shape index (κ1) is 24.3. The molecule has 0 atom stereocenters. The number of anilines is 2. The number of rotatable bonds is 4. The summed E-state index contributed by atoms with van der Waals surface area (Å²) in [5, 5.41) is 3.22. The Balaban J connectivity index is 0.000000696. The van der Waals surface area contributed by atoms with Crippen molar-refractivity contribution in [1.29, 1.82) is 0 Å². The Morgan fingerprint density at radius 2 is 0.893 bits per heavy atom. The van der Waals surface area contributed by atoms with Crippen molar-refractivity contribution in [1.82, 2.24) is 0 Å². The molecule has 0 radical (unpaired) electrons. The average molecular weight is 416 g/mol. The van der Waals surface area contributed by atoms with Gasteiger partial charge in [0, 0.05) is 39.6 Å². The molecule has 0 saturated heterocycles. The molecule has 0 aliphatic heterocycles. The van der Waals surface area contributed by atoms with E-state index in [1.807, 2.05) is 0 Å². The zero-order chi connectivity index (χ0) is 21.7. The second-order valence-electron chi connectivity index (χ2n) is 8.00. The molecule has 2 rings (SSSR count). The van der Waals surface area contributed by atoms with Crippen LogP contribution in [0.2, 0.25) is 0 Å². The minimum Gasteiger partial charge on any atom is -0.418 e. The van der Waals surface area contributed by atoms with Crippen LogP contribution in [-0.2, 0) is 0 Å². The van der Waals surface area contributed by atoms with E-state index in [1.54, 1.807) is 0 Å². The number of nitrogens with zero attached hydrogens (tertiary/aromatic N) is 2. The second kappa shape index (κ2) is 9.64. The fourth-order valence-electron chi connectivity index (χ4n) is 2.89. The summed E-state index contributed by atoms with van der Waals surface area (Å²) in [6, 6.07) is 18.2. The molecule has 0 spiro atoms. The van der Waals surface area contributed by atoms with Crippen molar-refractivity contribution in [3.05, 3.63) is 48.5 Å². The highest BCUT2D eigenvalue weighted by atomic mass is 31.1. The van der Waals surface area contributed by atoms with E-state index in [-0.39, 0.29) is 5.16 Å². The van der Waals surface area contributed by atoms with E-state index in [4.69, 9.17) is 0 Å². The molecule has 2 nitrogen and oxygen atoms in total. The lowest BCUT2D eigenvalue weighted by molar-refractivity contribution is 0.368. The Labute approximate surface area is 167 Å². The van der Waals surface area contributed by atoms with Crippen molar-refractivity contribution < 1.29 is 17.3 Å². The van der Waals surface area contributed by atoms with Crippen LogP contribution in [0, 0.1) is 0 Å². The molecule has 0 fully saturated rings. The molecule has 0 saturated carbocycles. The fourth-order valence-corrected chi connectivity index (χ4v) is 5.95. The third-order valence-corrected chi connectivity index (χ3v) is 7.42. The monoisotopic (exact) mass is 416 g/mol. The first-order chi connectivity index (χ1) is 12.7. The van der Waals surface area contributed by atoms with E-state index in [1.165, 1.54) is 22.0 Å². The van der Waals surface area contributed by atoms with Crippen molar-refractivity contribution >= 4 is 37.2 Å². The number of hydrogen-bond acceptors (Lipinski definition) is 2. The SMILES string of the molecule is CN(C)c1ccc([PH+](c2ccc(N(C)C)cc2)C(C)(C)C)cc1.F[B-](F)(F)F. The standard InChI is InChI=1S/C20H29N2P.BF4/c1-20(2,3)23(18-12-8-16(9-13-18)21(4)5)19-14-10-17(11-15-19)22(6)7;2-1(3,4)5/h8-15H,1-7H3;/q;-1/p+1. The smallest absolute Gasteiger partial charge is 0.418 e. The zero-order valence-corrected chi connectivity index (χ0v) is 18.6. The normalized spacial score (nSPS) is 11.7. The topological polar surface area (TPSA) is 6.48 Å². The molecule has 0 unspecified atom stereocenters. The predicted octanol–water partition coefficient (Wildman–Crippen LogP) is 5.08. The first-order valence-corrected chi connectivity index (χ1v) is 10.5. The number of hydrogen-bond donors (Lipinski definition) is 0. The van der Waals surface area contributed by atoms with Crippen LogP contribution in [0.1, 0.15) is 20.8 Å². The zero-order valence-electron chi connectivity index (χ0n) is 17.6. The lowest BCUT2D eigenvalue weighted by Gasteiger charge is -2.25. The molecule has 0 N–H and O–H groups in total. The van der Waals surface area contributed by atoms with Gasteiger partial charge in [-0.05, 0) is 69.3 Å². The van der Waals surface area contributed by atoms with Crippen molar-refractivity contribution in [3.63, 3.8) is 0 Å². The molecular weight excluding hydrogens is 386 g/mol. The summed E-state index contributed by atoms with van der Waals surface area (Å²) >= 11 is 0.